The molecule has 0 aliphatic heterocycles. The van der Waals surface area contributed by atoms with Crippen LogP contribution in [0, 0.1) is 5.92 Å². The smallest absolute Gasteiger partial charge is 0.215 e. The first-order valence-electron chi connectivity index (χ1n) is 6.42. The maximum Gasteiger partial charge on any atom is 0.215 e. The van der Waals surface area contributed by atoms with Crippen LogP contribution in [0.4, 0.5) is 11.5 Å². The molecule has 1 aromatic rings. The van der Waals surface area contributed by atoms with Crippen LogP contribution >= 0.6 is 0 Å². The first-order valence-corrected chi connectivity index (χ1v) is 6.42. The van der Waals surface area contributed by atoms with Crippen molar-refractivity contribution in [1.82, 2.24) is 4.98 Å². The molecule has 2 rings (SSSR count). The van der Waals surface area contributed by atoms with Gasteiger partial charge >= 0.3 is 0 Å². The van der Waals surface area contributed by atoms with Crippen molar-refractivity contribution in [2.45, 2.75) is 31.7 Å². The molecule has 1 aromatic heterocycles. The zero-order valence-electron chi connectivity index (χ0n) is 10.7. The summed E-state index contributed by atoms with van der Waals surface area (Å²) in [4.78, 5) is 4.31. The van der Waals surface area contributed by atoms with Crippen LogP contribution in [0.5, 0.6) is 5.88 Å². The molecule has 100 valence electrons. The van der Waals surface area contributed by atoms with E-state index in [9.17, 15) is 5.11 Å². The van der Waals surface area contributed by atoms with Gasteiger partial charge in [-0.1, -0.05) is 12.8 Å². The second kappa shape index (κ2) is 5.91. The molecule has 2 unspecified atom stereocenters. The summed E-state index contributed by atoms with van der Waals surface area (Å²) in [5, 5.41) is 12.7. The molecule has 1 fully saturated rings. The van der Waals surface area contributed by atoms with Gasteiger partial charge in [0.15, 0.2) is 5.82 Å². The number of aromatic nitrogens is 1. The quantitative estimate of drug-likeness (QED) is 0.758. The molecule has 5 heteroatoms. The number of anilines is 2. The summed E-state index contributed by atoms with van der Waals surface area (Å²) in [6.07, 6.45) is 4.46. The van der Waals surface area contributed by atoms with Crippen molar-refractivity contribution in [3.8, 4) is 5.88 Å². The Morgan fingerprint density at radius 2 is 2.22 bits per heavy atom. The lowest BCUT2D eigenvalue weighted by atomic mass is 9.85. The third-order valence-corrected chi connectivity index (χ3v) is 3.58. The summed E-state index contributed by atoms with van der Waals surface area (Å²) in [6, 6.07) is 3.77. The van der Waals surface area contributed by atoms with E-state index >= 15 is 0 Å². The first kappa shape index (κ1) is 13.0. The Bertz CT molecular complexity index is 398. The monoisotopic (exact) mass is 251 g/mol. The lowest BCUT2D eigenvalue weighted by Gasteiger charge is -2.31. The number of methoxy groups -OCH3 is 1. The van der Waals surface area contributed by atoms with Crippen molar-refractivity contribution < 1.29 is 9.84 Å². The van der Waals surface area contributed by atoms with E-state index in [0.717, 1.165) is 12.8 Å². The third kappa shape index (κ3) is 2.85. The van der Waals surface area contributed by atoms with Gasteiger partial charge in [-0.15, -0.1) is 0 Å². The van der Waals surface area contributed by atoms with Crippen molar-refractivity contribution >= 4 is 11.5 Å². The number of ether oxygens (including phenoxy) is 1. The molecular weight excluding hydrogens is 230 g/mol. The highest BCUT2D eigenvalue weighted by Gasteiger charge is 2.25. The van der Waals surface area contributed by atoms with Gasteiger partial charge in [0, 0.05) is 24.6 Å². The van der Waals surface area contributed by atoms with E-state index in [4.69, 9.17) is 10.5 Å². The van der Waals surface area contributed by atoms with Crippen LogP contribution in [0.2, 0.25) is 0 Å². The fourth-order valence-electron chi connectivity index (χ4n) is 2.47. The van der Waals surface area contributed by atoms with Gasteiger partial charge in [-0.3, -0.25) is 0 Å². The van der Waals surface area contributed by atoms with Gasteiger partial charge in [-0.25, -0.2) is 0 Å². The van der Waals surface area contributed by atoms with Gasteiger partial charge in [0.1, 0.15) is 0 Å². The van der Waals surface area contributed by atoms with Gasteiger partial charge in [0.05, 0.1) is 12.8 Å². The Morgan fingerprint density at radius 3 is 2.94 bits per heavy atom. The second-order valence-corrected chi connectivity index (χ2v) is 4.77. The Labute approximate surface area is 107 Å². The maximum atomic E-state index is 9.39. The fourth-order valence-corrected chi connectivity index (χ4v) is 2.47. The number of hydrogen-bond donors (Lipinski definition) is 3. The summed E-state index contributed by atoms with van der Waals surface area (Å²) in [7, 11) is 1.58. The van der Waals surface area contributed by atoms with Crippen LogP contribution in [-0.2, 0) is 0 Å². The summed E-state index contributed by atoms with van der Waals surface area (Å²) in [5.41, 5.74) is 6.51. The number of nitrogens with one attached hydrogen (secondary N) is 1. The van der Waals surface area contributed by atoms with Crippen molar-refractivity contribution in [1.29, 1.82) is 0 Å². The maximum absolute atomic E-state index is 9.39. The Balaban J connectivity index is 2.11. The van der Waals surface area contributed by atoms with Crippen molar-refractivity contribution in [2.75, 3.05) is 24.8 Å². The number of hydrogen-bond acceptors (Lipinski definition) is 5. The lowest BCUT2D eigenvalue weighted by molar-refractivity contribution is 0.178. The summed E-state index contributed by atoms with van der Waals surface area (Å²) < 4.78 is 5.10. The van der Waals surface area contributed by atoms with Crippen LogP contribution in [0.15, 0.2) is 12.1 Å². The largest absolute Gasteiger partial charge is 0.481 e. The molecule has 1 aliphatic carbocycles. The highest BCUT2D eigenvalue weighted by Crippen LogP contribution is 2.29. The van der Waals surface area contributed by atoms with Gasteiger partial charge in [0.2, 0.25) is 5.88 Å². The van der Waals surface area contributed by atoms with Crippen LogP contribution in [-0.4, -0.2) is 29.8 Å². The zero-order chi connectivity index (χ0) is 13.0. The zero-order valence-corrected chi connectivity index (χ0v) is 10.7. The fraction of sp³-hybridized carbons (Fsp3) is 0.615. The topological polar surface area (TPSA) is 80.4 Å². The van der Waals surface area contributed by atoms with E-state index in [0.29, 0.717) is 17.4 Å². The molecule has 5 nitrogen and oxygen atoms in total. The molecule has 0 aromatic carbocycles. The van der Waals surface area contributed by atoms with E-state index in [1.807, 2.05) is 0 Å². The molecule has 4 N–H and O–H groups in total. The molecule has 1 saturated carbocycles. The van der Waals surface area contributed by atoms with Crippen LogP contribution in [0.25, 0.3) is 0 Å². The van der Waals surface area contributed by atoms with E-state index in [-0.39, 0.29) is 18.6 Å². The summed E-state index contributed by atoms with van der Waals surface area (Å²) >= 11 is 0. The number of nitrogen functional groups attached to an aromatic ring is 1. The summed E-state index contributed by atoms with van der Waals surface area (Å²) in [5.74, 6) is 1.48. The molecule has 0 saturated heterocycles. The number of aliphatic hydroxyl groups is 1. The Hall–Kier alpha value is -1.49. The van der Waals surface area contributed by atoms with E-state index < -0.39 is 0 Å². The van der Waals surface area contributed by atoms with Gasteiger partial charge in [-0.05, 0) is 18.9 Å². The molecular formula is C13H21N3O2. The van der Waals surface area contributed by atoms with Crippen molar-refractivity contribution in [3.63, 3.8) is 0 Å². The van der Waals surface area contributed by atoms with E-state index in [2.05, 4.69) is 10.3 Å². The molecule has 0 spiro atoms. The lowest BCUT2D eigenvalue weighted by Crippen LogP contribution is -2.34. The Kier molecular flexibility index (Phi) is 4.25. The van der Waals surface area contributed by atoms with E-state index in [1.165, 1.54) is 12.8 Å². The van der Waals surface area contributed by atoms with Gasteiger partial charge in [0.25, 0.3) is 0 Å². The molecule has 0 radical (unpaired) electrons. The number of nitrogens with zero attached hydrogens (tertiary/aromatic N) is 1. The highest BCUT2D eigenvalue weighted by molar-refractivity contribution is 5.62. The predicted molar refractivity (Wildman–Crippen MR) is 71.7 cm³/mol. The highest BCUT2D eigenvalue weighted by atomic mass is 16.5. The van der Waals surface area contributed by atoms with E-state index in [1.54, 1.807) is 19.2 Å². The molecule has 18 heavy (non-hydrogen) atoms. The Morgan fingerprint density at radius 1 is 1.44 bits per heavy atom. The molecule has 1 aliphatic rings. The van der Waals surface area contributed by atoms with Crippen molar-refractivity contribution in [2.24, 2.45) is 5.92 Å². The molecule has 0 amide bonds. The summed E-state index contributed by atoms with van der Waals surface area (Å²) in [6.45, 7) is 0.210. The third-order valence-electron chi connectivity index (χ3n) is 3.58. The predicted octanol–water partition coefficient (Wildman–Crippen LogP) is 1.64. The van der Waals surface area contributed by atoms with Crippen LogP contribution < -0.4 is 15.8 Å². The van der Waals surface area contributed by atoms with Crippen LogP contribution in [0.3, 0.4) is 0 Å². The minimum absolute atomic E-state index is 0.210. The average Bonchev–Trinajstić information content (AvgIpc) is 2.42. The normalized spacial score (nSPS) is 23.7. The molecule has 2 atom stereocenters. The van der Waals surface area contributed by atoms with Crippen LogP contribution in [0.1, 0.15) is 25.7 Å². The van der Waals surface area contributed by atoms with Gasteiger partial charge in [-0.2, -0.15) is 4.98 Å². The average molecular weight is 251 g/mol. The van der Waals surface area contributed by atoms with Gasteiger partial charge < -0.3 is 20.9 Å². The number of rotatable bonds is 4. The minimum atomic E-state index is 0.210. The number of nitrogens with two attached hydrogens (primary N) is 1. The standard InChI is InChI=1S/C13H21N3O2/c1-18-12-7-6-10(14)13(16-12)15-11-5-3-2-4-9(11)8-17/h6-7,9,11,17H,2-5,8,14H2,1H3,(H,15,16). The number of aliphatic hydroxyl groups excluding tert-OH is 1. The number of pyridine rings is 1. The van der Waals surface area contributed by atoms with Crippen molar-refractivity contribution in [3.05, 3.63) is 12.1 Å². The molecule has 1 heterocycles. The molecule has 0 bridgehead atoms. The first-order chi connectivity index (χ1) is 8.74. The minimum Gasteiger partial charge on any atom is -0.481 e. The SMILES string of the molecule is COc1ccc(N)c(NC2CCCCC2CO)n1. The second-order valence-electron chi connectivity index (χ2n) is 4.77.